The lowest BCUT2D eigenvalue weighted by molar-refractivity contribution is 0.355. The normalized spacial score (nSPS) is 15.1. The van der Waals surface area contributed by atoms with E-state index in [1.165, 1.54) is 43.4 Å². The van der Waals surface area contributed by atoms with Gasteiger partial charge in [-0.25, -0.2) is 26.8 Å². The third kappa shape index (κ3) is 10.2. The fraction of sp³-hybridized carbons (Fsp3) is 0.286. The predicted molar refractivity (Wildman–Crippen MR) is 246 cm³/mol. The zero-order valence-electron chi connectivity index (χ0n) is 34.2. The molecule has 0 radical (unpaired) electrons. The molecule has 8 rings (SSSR count). The van der Waals surface area contributed by atoms with Crippen molar-refractivity contribution in [3.05, 3.63) is 106 Å². The Hall–Kier alpha value is -4.66. The standard InChI is InChI=1S/2C21H22ClN3O4S2/c1-28-17-10-15(11-18(13-17)29-2)20-14-30-21(23-20)24-6-8-25(9-7-24)31(26,27)19-5-3-4-16(22)12-19;1-28-19-7-6-15(12-20(19)29-2)18-14-30-21(23-18)24-8-10-25(11-9-24)31(26,27)17-5-3-4-16(22)13-17/h3-5,10-14H,6-9H2,1-2H3;3-7,12-14H,8-11H2,1-2H3. The molecular formula is C42H44Cl2N6O8S4. The fourth-order valence-electron chi connectivity index (χ4n) is 6.83. The first-order valence-corrected chi connectivity index (χ1v) is 24.6. The monoisotopic (exact) mass is 958 g/mol. The van der Waals surface area contributed by atoms with Gasteiger partial charge in [-0.05, 0) is 66.7 Å². The van der Waals surface area contributed by atoms with Crippen LogP contribution >= 0.6 is 45.9 Å². The first kappa shape index (κ1) is 45.4. The first-order chi connectivity index (χ1) is 29.8. The van der Waals surface area contributed by atoms with E-state index in [0.29, 0.717) is 85.4 Å². The average Bonchev–Trinajstić information content (AvgIpc) is 4.01. The number of anilines is 2. The molecule has 2 aliphatic heterocycles. The largest absolute Gasteiger partial charge is 0.497 e. The molecule has 62 heavy (non-hydrogen) atoms. The van der Waals surface area contributed by atoms with Gasteiger partial charge in [0.25, 0.3) is 0 Å². The highest BCUT2D eigenvalue weighted by molar-refractivity contribution is 7.89. The summed E-state index contributed by atoms with van der Waals surface area (Å²) in [5, 5.41) is 6.51. The number of benzene rings is 4. The summed E-state index contributed by atoms with van der Waals surface area (Å²) in [5.74, 6) is 2.71. The molecule has 2 saturated heterocycles. The summed E-state index contributed by atoms with van der Waals surface area (Å²) in [4.78, 5) is 14.2. The Morgan fingerprint density at radius 2 is 0.968 bits per heavy atom. The van der Waals surface area contributed by atoms with Crippen molar-refractivity contribution >= 4 is 76.2 Å². The molecule has 328 valence electrons. The fourth-order valence-corrected chi connectivity index (χ4v) is 12.1. The topological polar surface area (TPSA) is 144 Å². The van der Waals surface area contributed by atoms with Gasteiger partial charge >= 0.3 is 0 Å². The highest BCUT2D eigenvalue weighted by Gasteiger charge is 2.31. The maximum Gasteiger partial charge on any atom is 0.243 e. The number of thiazole rings is 2. The van der Waals surface area contributed by atoms with Crippen LogP contribution in [0, 0.1) is 0 Å². The SMILES string of the molecule is COc1cc(OC)cc(-c2csc(N3CCN(S(=O)(=O)c4cccc(Cl)c4)CC3)n2)c1.COc1ccc(-c2csc(N3CCN(S(=O)(=O)c4cccc(Cl)c4)CC3)n2)cc1OC. The lowest BCUT2D eigenvalue weighted by Gasteiger charge is -2.33. The van der Waals surface area contributed by atoms with Crippen LogP contribution in [0.15, 0.2) is 105 Å². The highest BCUT2D eigenvalue weighted by Crippen LogP contribution is 2.36. The van der Waals surface area contributed by atoms with Gasteiger partial charge in [-0.3, -0.25) is 0 Å². The lowest BCUT2D eigenvalue weighted by atomic mass is 10.1. The average molecular weight is 960 g/mol. The third-order valence-electron chi connectivity index (χ3n) is 10.2. The van der Waals surface area contributed by atoms with E-state index in [9.17, 15) is 16.8 Å². The van der Waals surface area contributed by atoms with E-state index in [1.807, 2.05) is 47.2 Å². The molecule has 2 fully saturated rings. The van der Waals surface area contributed by atoms with Crippen LogP contribution in [0.4, 0.5) is 10.3 Å². The predicted octanol–water partition coefficient (Wildman–Crippen LogP) is 7.98. The Bertz CT molecular complexity index is 2700. The Balaban J connectivity index is 0.000000186. The minimum absolute atomic E-state index is 0.219. The van der Waals surface area contributed by atoms with Crippen LogP contribution in [0.3, 0.4) is 0 Å². The number of hydrogen-bond acceptors (Lipinski definition) is 14. The molecule has 6 aromatic rings. The molecule has 20 heteroatoms. The molecule has 0 aliphatic carbocycles. The zero-order chi connectivity index (χ0) is 44.0. The van der Waals surface area contributed by atoms with Gasteiger partial charge < -0.3 is 28.7 Å². The molecule has 2 aromatic heterocycles. The van der Waals surface area contributed by atoms with Gasteiger partial charge in [-0.2, -0.15) is 8.61 Å². The zero-order valence-corrected chi connectivity index (χ0v) is 39.0. The molecule has 0 N–H and O–H groups in total. The van der Waals surface area contributed by atoms with Crippen molar-refractivity contribution in [2.75, 3.05) is 90.6 Å². The maximum absolute atomic E-state index is 12.9. The number of halogens is 2. The molecular weight excluding hydrogens is 916 g/mol. The highest BCUT2D eigenvalue weighted by atomic mass is 35.5. The minimum atomic E-state index is -3.57. The number of nitrogens with zero attached hydrogens (tertiary/aromatic N) is 6. The van der Waals surface area contributed by atoms with Gasteiger partial charge in [0.1, 0.15) is 11.5 Å². The van der Waals surface area contributed by atoms with Crippen LogP contribution in [-0.2, 0) is 20.0 Å². The maximum atomic E-state index is 12.9. The summed E-state index contributed by atoms with van der Waals surface area (Å²) in [6, 6.07) is 24.1. The van der Waals surface area contributed by atoms with Gasteiger partial charge in [0.15, 0.2) is 21.8 Å². The first-order valence-electron chi connectivity index (χ1n) is 19.2. The molecule has 0 saturated carbocycles. The summed E-state index contributed by atoms with van der Waals surface area (Å²) in [6.45, 7) is 3.81. The minimum Gasteiger partial charge on any atom is -0.497 e. The smallest absolute Gasteiger partial charge is 0.243 e. The van der Waals surface area contributed by atoms with Crippen LogP contribution in [0.2, 0.25) is 10.0 Å². The Labute approximate surface area is 379 Å². The molecule has 0 spiro atoms. The van der Waals surface area contributed by atoms with Gasteiger partial charge in [0.2, 0.25) is 20.0 Å². The lowest BCUT2D eigenvalue weighted by Crippen LogP contribution is -2.48. The molecule has 0 amide bonds. The molecule has 4 aromatic carbocycles. The molecule has 14 nitrogen and oxygen atoms in total. The third-order valence-corrected chi connectivity index (χ3v) is 16.3. The number of aromatic nitrogens is 2. The van der Waals surface area contributed by atoms with Crippen molar-refractivity contribution in [1.29, 1.82) is 0 Å². The second-order valence-corrected chi connectivity index (χ2v) is 20.3. The molecule has 4 heterocycles. The van der Waals surface area contributed by atoms with E-state index in [0.717, 1.165) is 32.8 Å². The van der Waals surface area contributed by atoms with Crippen LogP contribution in [0.25, 0.3) is 22.5 Å². The van der Waals surface area contributed by atoms with Crippen LogP contribution in [0.5, 0.6) is 23.0 Å². The number of piperazine rings is 2. The molecule has 2 aliphatic rings. The van der Waals surface area contributed by atoms with Crippen LogP contribution in [-0.4, -0.2) is 116 Å². The van der Waals surface area contributed by atoms with E-state index in [2.05, 4.69) is 9.80 Å². The Morgan fingerprint density at radius 1 is 0.516 bits per heavy atom. The van der Waals surface area contributed by atoms with Crippen molar-refractivity contribution in [3.8, 4) is 45.5 Å². The van der Waals surface area contributed by atoms with E-state index >= 15 is 0 Å². The van der Waals surface area contributed by atoms with Gasteiger partial charge in [0.05, 0.1) is 49.6 Å². The van der Waals surface area contributed by atoms with Crippen molar-refractivity contribution < 1.29 is 35.8 Å². The second kappa shape index (κ2) is 19.8. The van der Waals surface area contributed by atoms with E-state index in [-0.39, 0.29) is 9.79 Å². The second-order valence-electron chi connectivity index (χ2n) is 13.9. The molecule has 0 atom stereocenters. The number of ether oxygens (including phenoxy) is 4. The summed E-state index contributed by atoms with van der Waals surface area (Å²) in [5.41, 5.74) is 3.50. The summed E-state index contributed by atoms with van der Waals surface area (Å²) >= 11 is 15.0. The Morgan fingerprint density at radius 3 is 1.39 bits per heavy atom. The number of rotatable bonds is 12. The van der Waals surface area contributed by atoms with Crippen LogP contribution in [0.1, 0.15) is 0 Å². The van der Waals surface area contributed by atoms with E-state index in [1.54, 1.807) is 64.8 Å². The van der Waals surface area contributed by atoms with Crippen molar-refractivity contribution in [2.24, 2.45) is 0 Å². The van der Waals surface area contributed by atoms with Gasteiger partial charge in [-0.15, -0.1) is 22.7 Å². The quantitative estimate of drug-likeness (QED) is 0.117. The van der Waals surface area contributed by atoms with Gasteiger partial charge in [-0.1, -0.05) is 35.3 Å². The van der Waals surface area contributed by atoms with E-state index < -0.39 is 20.0 Å². The number of sulfonamides is 2. The van der Waals surface area contributed by atoms with Crippen molar-refractivity contribution in [1.82, 2.24) is 18.6 Å². The van der Waals surface area contributed by atoms with Crippen LogP contribution < -0.4 is 28.7 Å². The summed E-state index contributed by atoms with van der Waals surface area (Å²) in [6.07, 6.45) is 0. The van der Waals surface area contributed by atoms with Crippen molar-refractivity contribution in [3.63, 3.8) is 0 Å². The van der Waals surface area contributed by atoms with Crippen molar-refractivity contribution in [2.45, 2.75) is 9.79 Å². The number of methoxy groups -OCH3 is 4. The summed E-state index contributed by atoms with van der Waals surface area (Å²) < 4.78 is 76.0. The Kier molecular flexibility index (Phi) is 14.5. The van der Waals surface area contributed by atoms with E-state index in [4.69, 9.17) is 52.1 Å². The summed E-state index contributed by atoms with van der Waals surface area (Å²) in [7, 11) is -0.698. The number of hydrogen-bond donors (Lipinski definition) is 0. The molecule has 0 unspecified atom stereocenters. The van der Waals surface area contributed by atoms with Gasteiger partial charge in [0, 0.05) is 90.4 Å². The molecule has 0 bridgehead atoms.